The number of hydrogen-bond donors (Lipinski definition) is 2. The maximum absolute atomic E-state index is 6.01. The van der Waals surface area contributed by atoms with E-state index in [2.05, 4.69) is 28.6 Å². The van der Waals surface area contributed by atoms with Crippen LogP contribution in [0.4, 0.5) is 11.8 Å². The summed E-state index contributed by atoms with van der Waals surface area (Å²) in [6, 6.07) is 8.15. The number of benzene rings is 1. The molecule has 4 rings (SSSR count). The highest BCUT2D eigenvalue weighted by molar-refractivity contribution is 5.81. The van der Waals surface area contributed by atoms with Crippen LogP contribution in [0.2, 0.25) is 0 Å². The molecule has 3 aromatic rings. The van der Waals surface area contributed by atoms with Gasteiger partial charge in [0.1, 0.15) is 17.2 Å². The van der Waals surface area contributed by atoms with E-state index in [0.29, 0.717) is 6.54 Å². The zero-order chi connectivity index (χ0) is 17.4. The largest absolute Gasteiger partial charge is 0.459 e. The van der Waals surface area contributed by atoms with Gasteiger partial charge in [-0.05, 0) is 26.0 Å². The molecule has 1 aromatic carbocycles. The van der Waals surface area contributed by atoms with Crippen LogP contribution >= 0.6 is 0 Å². The summed E-state index contributed by atoms with van der Waals surface area (Å²) in [6.45, 7) is 4.46. The topological polar surface area (TPSA) is 66.2 Å². The van der Waals surface area contributed by atoms with Crippen LogP contribution in [-0.4, -0.2) is 30.6 Å². The first-order valence-corrected chi connectivity index (χ1v) is 8.62. The van der Waals surface area contributed by atoms with Crippen LogP contribution in [0.3, 0.4) is 0 Å². The Hall–Kier alpha value is -2.60. The number of nitrogens with zero attached hydrogens (tertiary/aromatic N) is 3. The normalized spacial score (nSPS) is 13.7. The second-order valence-corrected chi connectivity index (χ2v) is 6.62. The van der Waals surface area contributed by atoms with Gasteiger partial charge in [0.25, 0.3) is 0 Å². The fraction of sp³-hybridized carbons (Fsp3) is 0.368. The third kappa shape index (κ3) is 2.93. The molecule has 0 spiro atoms. The van der Waals surface area contributed by atoms with Crippen LogP contribution in [0.15, 0.2) is 28.7 Å². The molecule has 6 heteroatoms. The van der Waals surface area contributed by atoms with Crippen molar-refractivity contribution in [2.75, 3.05) is 30.9 Å². The smallest absolute Gasteiger partial charge is 0.227 e. The summed E-state index contributed by atoms with van der Waals surface area (Å²) < 4.78 is 6.01. The van der Waals surface area contributed by atoms with Crippen molar-refractivity contribution in [3.8, 4) is 0 Å². The number of aryl methyl sites for hydroxylation is 1. The lowest BCUT2D eigenvalue weighted by Gasteiger charge is -2.22. The minimum Gasteiger partial charge on any atom is -0.459 e. The van der Waals surface area contributed by atoms with E-state index >= 15 is 0 Å². The molecule has 1 aliphatic heterocycles. The Bertz CT molecular complexity index is 916. The lowest BCUT2D eigenvalue weighted by atomic mass is 10.1. The molecule has 0 fully saturated rings. The highest BCUT2D eigenvalue weighted by Gasteiger charge is 2.19. The van der Waals surface area contributed by atoms with E-state index in [1.54, 1.807) is 0 Å². The van der Waals surface area contributed by atoms with Crippen LogP contribution in [0.1, 0.15) is 22.6 Å². The predicted molar refractivity (Wildman–Crippen MR) is 100 cm³/mol. The molecule has 0 amide bonds. The minimum atomic E-state index is 0.615. The summed E-state index contributed by atoms with van der Waals surface area (Å²) in [5.41, 5.74) is 4.40. The lowest BCUT2D eigenvalue weighted by Crippen LogP contribution is -2.28. The number of aromatic nitrogens is 2. The fourth-order valence-corrected chi connectivity index (χ4v) is 3.25. The Kier molecular flexibility index (Phi) is 4.05. The molecule has 25 heavy (non-hydrogen) atoms. The Morgan fingerprint density at radius 2 is 2.08 bits per heavy atom. The van der Waals surface area contributed by atoms with Crippen LogP contribution in [0.25, 0.3) is 11.0 Å². The third-order valence-corrected chi connectivity index (χ3v) is 4.68. The number of anilines is 2. The molecule has 0 radical (unpaired) electrons. The first-order chi connectivity index (χ1) is 12.1. The molecule has 1 aliphatic rings. The maximum atomic E-state index is 6.01. The van der Waals surface area contributed by atoms with E-state index < -0.39 is 0 Å². The van der Waals surface area contributed by atoms with Crippen LogP contribution in [0, 0.1) is 6.92 Å². The molecule has 3 heterocycles. The Labute approximate surface area is 147 Å². The molecule has 0 saturated heterocycles. The van der Waals surface area contributed by atoms with E-state index in [4.69, 9.17) is 9.40 Å². The number of para-hydroxylation sites is 1. The number of rotatable bonds is 4. The SMILES string of the molecule is Cc1c(CNc2nc(N(C)C)nc3c2CCNC3)oc2ccccc12. The summed E-state index contributed by atoms with van der Waals surface area (Å²) in [7, 11) is 3.93. The molecule has 0 saturated carbocycles. The summed E-state index contributed by atoms with van der Waals surface area (Å²) in [5, 5.41) is 8.04. The number of hydrogen-bond acceptors (Lipinski definition) is 6. The first kappa shape index (κ1) is 15.9. The van der Waals surface area contributed by atoms with Crippen LogP contribution in [0.5, 0.6) is 0 Å². The van der Waals surface area contributed by atoms with Crippen molar-refractivity contribution in [2.24, 2.45) is 0 Å². The third-order valence-electron chi connectivity index (χ3n) is 4.68. The summed E-state index contributed by atoms with van der Waals surface area (Å²) in [6.07, 6.45) is 0.935. The molecule has 0 aliphatic carbocycles. The van der Waals surface area contributed by atoms with Crippen molar-refractivity contribution in [1.82, 2.24) is 15.3 Å². The van der Waals surface area contributed by atoms with Crippen molar-refractivity contribution < 1.29 is 4.42 Å². The van der Waals surface area contributed by atoms with Crippen molar-refractivity contribution in [3.63, 3.8) is 0 Å². The lowest BCUT2D eigenvalue weighted by molar-refractivity contribution is 0.554. The first-order valence-electron chi connectivity index (χ1n) is 8.62. The van der Waals surface area contributed by atoms with Gasteiger partial charge in [-0.2, -0.15) is 4.98 Å². The van der Waals surface area contributed by atoms with Gasteiger partial charge in [-0.15, -0.1) is 0 Å². The van der Waals surface area contributed by atoms with Gasteiger partial charge in [0.15, 0.2) is 0 Å². The van der Waals surface area contributed by atoms with E-state index in [-0.39, 0.29) is 0 Å². The van der Waals surface area contributed by atoms with Crippen molar-refractivity contribution in [2.45, 2.75) is 26.4 Å². The summed E-state index contributed by atoms with van der Waals surface area (Å²) in [4.78, 5) is 11.3. The van der Waals surface area contributed by atoms with Gasteiger partial charge in [-0.1, -0.05) is 18.2 Å². The average molecular weight is 337 g/mol. The molecule has 0 atom stereocenters. The van der Waals surface area contributed by atoms with E-state index in [0.717, 1.165) is 48.3 Å². The standard InChI is InChI=1S/C19H23N5O/c1-12-13-6-4-5-7-16(13)25-17(12)11-21-18-14-8-9-20-10-15(14)22-19(23-18)24(2)3/h4-7,20H,8-11H2,1-3H3,(H,21,22,23). The van der Waals surface area contributed by atoms with E-state index in [1.165, 1.54) is 16.5 Å². The fourth-order valence-electron chi connectivity index (χ4n) is 3.25. The van der Waals surface area contributed by atoms with E-state index in [1.807, 2.05) is 37.2 Å². The Balaban J connectivity index is 1.65. The number of fused-ring (bicyclic) bond motifs is 2. The average Bonchev–Trinajstić information content (AvgIpc) is 2.95. The molecule has 130 valence electrons. The van der Waals surface area contributed by atoms with E-state index in [9.17, 15) is 0 Å². The number of nitrogens with one attached hydrogen (secondary N) is 2. The van der Waals surface area contributed by atoms with Gasteiger partial charge in [0.05, 0.1) is 12.2 Å². The summed E-state index contributed by atoms with van der Waals surface area (Å²) >= 11 is 0. The van der Waals surface area contributed by atoms with Crippen molar-refractivity contribution in [1.29, 1.82) is 0 Å². The van der Waals surface area contributed by atoms with Gasteiger partial charge in [-0.3, -0.25) is 0 Å². The maximum Gasteiger partial charge on any atom is 0.227 e. The molecule has 0 unspecified atom stereocenters. The second kappa shape index (κ2) is 6.37. The molecule has 6 nitrogen and oxygen atoms in total. The monoisotopic (exact) mass is 337 g/mol. The number of furan rings is 1. The Morgan fingerprint density at radius 3 is 2.88 bits per heavy atom. The minimum absolute atomic E-state index is 0.615. The second-order valence-electron chi connectivity index (χ2n) is 6.62. The van der Waals surface area contributed by atoms with Crippen LogP contribution < -0.4 is 15.5 Å². The molecular weight excluding hydrogens is 314 g/mol. The Morgan fingerprint density at radius 1 is 1.24 bits per heavy atom. The van der Waals surface area contributed by atoms with Crippen LogP contribution in [-0.2, 0) is 19.5 Å². The molecule has 2 aromatic heterocycles. The quantitative estimate of drug-likeness (QED) is 0.763. The zero-order valence-corrected chi connectivity index (χ0v) is 14.9. The molecular formula is C19H23N5O. The summed E-state index contributed by atoms with van der Waals surface area (Å²) in [5.74, 6) is 2.59. The van der Waals surface area contributed by atoms with Gasteiger partial charge in [0, 0.05) is 37.2 Å². The van der Waals surface area contributed by atoms with Gasteiger partial charge in [-0.25, -0.2) is 4.98 Å². The van der Waals surface area contributed by atoms with Crippen molar-refractivity contribution >= 4 is 22.7 Å². The van der Waals surface area contributed by atoms with Gasteiger partial charge in [0.2, 0.25) is 5.95 Å². The molecule has 2 N–H and O–H groups in total. The highest BCUT2D eigenvalue weighted by Crippen LogP contribution is 2.27. The predicted octanol–water partition coefficient (Wildman–Crippen LogP) is 2.86. The van der Waals surface area contributed by atoms with Crippen molar-refractivity contribution in [3.05, 3.63) is 46.8 Å². The highest BCUT2D eigenvalue weighted by atomic mass is 16.3. The van der Waals surface area contributed by atoms with Gasteiger partial charge >= 0.3 is 0 Å². The zero-order valence-electron chi connectivity index (χ0n) is 14.9. The molecule has 0 bridgehead atoms. The van der Waals surface area contributed by atoms with Gasteiger partial charge < -0.3 is 20.0 Å².